The molecular formula is C16H19F2N7O. The molecule has 0 amide bonds. The summed E-state index contributed by atoms with van der Waals surface area (Å²) in [5.74, 6) is 0.973. The summed E-state index contributed by atoms with van der Waals surface area (Å²) in [4.78, 5) is 20.6. The number of alkyl halides is 2. The minimum absolute atomic E-state index is 0.136. The van der Waals surface area contributed by atoms with Crippen molar-refractivity contribution in [3.8, 4) is 5.88 Å². The summed E-state index contributed by atoms with van der Waals surface area (Å²) in [6, 6.07) is 4.88. The number of nitrogens with zero attached hydrogens (tertiary/aromatic N) is 6. The van der Waals surface area contributed by atoms with Crippen LogP contribution in [-0.4, -0.2) is 58.6 Å². The lowest BCUT2D eigenvalue weighted by Crippen LogP contribution is -2.51. The van der Waals surface area contributed by atoms with Crippen molar-refractivity contribution < 1.29 is 13.5 Å². The van der Waals surface area contributed by atoms with Crippen LogP contribution in [0.25, 0.3) is 0 Å². The average molecular weight is 363 g/mol. The average Bonchev–Trinajstić information content (AvgIpc) is 2.67. The van der Waals surface area contributed by atoms with Crippen molar-refractivity contribution in [3.05, 3.63) is 42.4 Å². The molecule has 138 valence electrons. The van der Waals surface area contributed by atoms with Gasteiger partial charge < -0.3 is 20.3 Å². The van der Waals surface area contributed by atoms with Crippen molar-refractivity contribution in [1.82, 2.24) is 19.9 Å². The SMILES string of the molecule is NC(=NCc1ccnc(OC(F)F)c1)N1CCN(c2ncccn2)CC1. The first-order chi connectivity index (χ1) is 12.6. The first-order valence-corrected chi connectivity index (χ1v) is 8.08. The maximum absolute atomic E-state index is 12.2. The topological polar surface area (TPSA) is 92.8 Å². The lowest BCUT2D eigenvalue weighted by molar-refractivity contribution is -0.0528. The van der Waals surface area contributed by atoms with Gasteiger partial charge in [0.25, 0.3) is 0 Å². The van der Waals surface area contributed by atoms with E-state index in [2.05, 4.69) is 29.6 Å². The minimum atomic E-state index is -2.91. The van der Waals surface area contributed by atoms with Crippen LogP contribution in [0.3, 0.4) is 0 Å². The van der Waals surface area contributed by atoms with Gasteiger partial charge in [0.2, 0.25) is 11.8 Å². The molecule has 0 saturated carbocycles. The second-order valence-electron chi connectivity index (χ2n) is 5.58. The predicted molar refractivity (Wildman–Crippen MR) is 92.0 cm³/mol. The number of ether oxygens (including phenoxy) is 1. The number of halogens is 2. The van der Waals surface area contributed by atoms with E-state index in [0.29, 0.717) is 30.6 Å². The third kappa shape index (κ3) is 4.74. The Hall–Kier alpha value is -3.04. The fourth-order valence-corrected chi connectivity index (χ4v) is 2.57. The van der Waals surface area contributed by atoms with Crippen LogP contribution in [0.15, 0.2) is 41.8 Å². The minimum Gasteiger partial charge on any atom is -0.417 e. The summed E-state index contributed by atoms with van der Waals surface area (Å²) in [6.45, 7) is 0.226. The number of piperazine rings is 1. The van der Waals surface area contributed by atoms with Gasteiger partial charge in [-0.05, 0) is 17.7 Å². The molecule has 3 heterocycles. The molecule has 0 aliphatic carbocycles. The number of hydrogen-bond donors (Lipinski definition) is 1. The van der Waals surface area contributed by atoms with E-state index in [0.717, 1.165) is 13.1 Å². The van der Waals surface area contributed by atoms with Gasteiger partial charge in [0.1, 0.15) is 0 Å². The van der Waals surface area contributed by atoms with Crippen molar-refractivity contribution in [2.75, 3.05) is 31.1 Å². The number of anilines is 1. The molecule has 3 rings (SSSR count). The lowest BCUT2D eigenvalue weighted by Gasteiger charge is -2.35. The standard InChI is InChI=1S/C16H19F2N7O/c17-14(18)26-13-10-12(2-5-20-13)11-23-15(19)24-6-8-25(9-7-24)16-21-3-1-4-22-16/h1-5,10,14H,6-9,11H2,(H2,19,23). The van der Waals surface area contributed by atoms with Gasteiger partial charge in [-0.1, -0.05) is 0 Å². The van der Waals surface area contributed by atoms with E-state index < -0.39 is 6.61 Å². The van der Waals surface area contributed by atoms with E-state index in [1.807, 2.05) is 4.90 Å². The largest absolute Gasteiger partial charge is 0.417 e. The maximum atomic E-state index is 12.2. The van der Waals surface area contributed by atoms with Crippen molar-refractivity contribution >= 4 is 11.9 Å². The number of aliphatic imine (C=N–C) groups is 1. The predicted octanol–water partition coefficient (Wildman–Crippen LogP) is 1.11. The van der Waals surface area contributed by atoms with Crippen LogP contribution in [0, 0.1) is 0 Å². The molecule has 10 heteroatoms. The number of aromatic nitrogens is 3. The summed E-state index contributed by atoms with van der Waals surface area (Å²) >= 11 is 0. The maximum Gasteiger partial charge on any atom is 0.388 e. The zero-order valence-corrected chi connectivity index (χ0v) is 14.0. The molecule has 0 bridgehead atoms. The zero-order chi connectivity index (χ0) is 18.4. The second-order valence-corrected chi connectivity index (χ2v) is 5.58. The van der Waals surface area contributed by atoms with E-state index in [4.69, 9.17) is 5.73 Å². The molecular weight excluding hydrogens is 344 g/mol. The molecule has 0 radical (unpaired) electrons. The molecule has 8 nitrogen and oxygen atoms in total. The van der Waals surface area contributed by atoms with Crippen LogP contribution in [0.5, 0.6) is 5.88 Å². The highest BCUT2D eigenvalue weighted by Crippen LogP contribution is 2.14. The Bertz CT molecular complexity index is 736. The Morgan fingerprint density at radius 1 is 1.15 bits per heavy atom. The van der Waals surface area contributed by atoms with Crippen molar-refractivity contribution in [2.45, 2.75) is 13.2 Å². The highest BCUT2D eigenvalue weighted by Gasteiger charge is 2.19. The Kier molecular flexibility index (Phi) is 5.72. The van der Waals surface area contributed by atoms with E-state index in [1.165, 1.54) is 12.3 Å². The van der Waals surface area contributed by atoms with Crippen LogP contribution in [-0.2, 0) is 6.54 Å². The number of rotatable bonds is 5. The van der Waals surface area contributed by atoms with Crippen LogP contribution < -0.4 is 15.4 Å². The van der Waals surface area contributed by atoms with Gasteiger partial charge in [-0.2, -0.15) is 8.78 Å². The van der Waals surface area contributed by atoms with Crippen LogP contribution in [0.1, 0.15) is 5.56 Å². The van der Waals surface area contributed by atoms with Gasteiger partial charge in [-0.25, -0.2) is 19.9 Å². The molecule has 26 heavy (non-hydrogen) atoms. The number of hydrogen-bond acceptors (Lipinski definition) is 6. The zero-order valence-electron chi connectivity index (χ0n) is 14.0. The van der Waals surface area contributed by atoms with E-state index >= 15 is 0 Å². The smallest absolute Gasteiger partial charge is 0.388 e. The highest BCUT2D eigenvalue weighted by molar-refractivity contribution is 5.78. The molecule has 1 saturated heterocycles. The molecule has 0 atom stereocenters. The van der Waals surface area contributed by atoms with Gasteiger partial charge in [0, 0.05) is 50.8 Å². The van der Waals surface area contributed by atoms with Crippen LogP contribution in [0.2, 0.25) is 0 Å². The van der Waals surface area contributed by atoms with Crippen molar-refractivity contribution in [2.24, 2.45) is 10.7 Å². The van der Waals surface area contributed by atoms with Crippen LogP contribution >= 0.6 is 0 Å². The van der Waals surface area contributed by atoms with Crippen LogP contribution in [0.4, 0.5) is 14.7 Å². The quantitative estimate of drug-likeness (QED) is 0.628. The Morgan fingerprint density at radius 3 is 2.58 bits per heavy atom. The first kappa shape index (κ1) is 17.8. The molecule has 0 aromatic carbocycles. The molecule has 1 aliphatic heterocycles. The van der Waals surface area contributed by atoms with Gasteiger partial charge >= 0.3 is 6.61 Å². The molecule has 1 fully saturated rings. The monoisotopic (exact) mass is 363 g/mol. The van der Waals surface area contributed by atoms with Crippen molar-refractivity contribution in [1.29, 1.82) is 0 Å². The summed E-state index contributed by atoms with van der Waals surface area (Å²) < 4.78 is 28.7. The van der Waals surface area contributed by atoms with E-state index in [1.54, 1.807) is 24.5 Å². The third-order valence-corrected chi connectivity index (χ3v) is 3.87. The molecule has 0 unspecified atom stereocenters. The molecule has 2 aromatic rings. The molecule has 2 aromatic heterocycles. The van der Waals surface area contributed by atoms with E-state index in [-0.39, 0.29) is 12.4 Å². The lowest BCUT2D eigenvalue weighted by atomic mass is 10.3. The van der Waals surface area contributed by atoms with E-state index in [9.17, 15) is 8.78 Å². The Balaban J connectivity index is 1.54. The van der Waals surface area contributed by atoms with Gasteiger partial charge in [0.15, 0.2) is 5.96 Å². The van der Waals surface area contributed by atoms with Gasteiger partial charge in [-0.15, -0.1) is 0 Å². The number of pyridine rings is 1. The fourth-order valence-electron chi connectivity index (χ4n) is 2.57. The molecule has 1 aliphatic rings. The third-order valence-electron chi connectivity index (χ3n) is 3.87. The fraction of sp³-hybridized carbons (Fsp3) is 0.375. The Morgan fingerprint density at radius 2 is 1.88 bits per heavy atom. The van der Waals surface area contributed by atoms with Gasteiger partial charge in [-0.3, -0.25) is 0 Å². The van der Waals surface area contributed by atoms with Gasteiger partial charge in [0.05, 0.1) is 6.54 Å². The number of nitrogens with two attached hydrogens (primary N) is 1. The summed E-state index contributed by atoms with van der Waals surface area (Å²) in [6.07, 6.45) is 4.83. The number of guanidine groups is 1. The summed E-state index contributed by atoms with van der Waals surface area (Å²) in [5, 5.41) is 0. The summed E-state index contributed by atoms with van der Waals surface area (Å²) in [7, 11) is 0. The Labute approximate surface area is 149 Å². The molecule has 2 N–H and O–H groups in total. The van der Waals surface area contributed by atoms with Crippen molar-refractivity contribution in [3.63, 3.8) is 0 Å². The molecule has 0 spiro atoms. The highest BCUT2D eigenvalue weighted by atomic mass is 19.3. The normalized spacial score (nSPS) is 15.4. The summed E-state index contributed by atoms with van der Waals surface area (Å²) in [5.41, 5.74) is 6.75. The second kappa shape index (κ2) is 8.37. The first-order valence-electron chi connectivity index (χ1n) is 8.08.